The lowest BCUT2D eigenvalue weighted by atomic mass is 10.1. The average Bonchev–Trinajstić information content (AvgIpc) is 2.25. The summed E-state index contributed by atoms with van der Waals surface area (Å²) >= 11 is 0. The van der Waals surface area contributed by atoms with Crippen molar-refractivity contribution in [1.82, 2.24) is 0 Å². The SMILES string of the molecule is COc1ccc(C=CC(=O)O)cc1N(C)C. The molecule has 1 N–H and O–H groups in total. The van der Waals surface area contributed by atoms with Crippen molar-refractivity contribution in [1.29, 1.82) is 0 Å². The maximum atomic E-state index is 10.4. The number of hydrogen-bond donors (Lipinski definition) is 1. The molecular formula is C12H15NO3. The fraction of sp³-hybridized carbons (Fsp3) is 0.250. The molecule has 0 aromatic heterocycles. The molecular weight excluding hydrogens is 206 g/mol. The Hall–Kier alpha value is -1.97. The van der Waals surface area contributed by atoms with Crippen molar-refractivity contribution in [3.63, 3.8) is 0 Å². The van der Waals surface area contributed by atoms with Crippen LogP contribution < -0.4 is 9.64 Å². The van der Waals surface area contributed by atoms with Gasteiger partial charge in [0, 0.05) is 20.2 Å². The zero-order valence-electron chi connectivity index (χ0n) is 9.60. The van der Waals surface area contributed by atoms with Gasteiger partial charge in [-0.05, 0) is 23.8 Å². The molecule has 0 radical (unpaired) electrons. The molecule has 1 aromatic rings. The third kappa shape index (κ3) is 3.02. The van der Waals surface area contributed by atoms with E-state index in [1.165, 1.54) is 0 Å². The number of carbonyl (C=O) groups is 1. The molecule has 0 bridgehead atoms. The second kappa shape index (κ2) is 5.21. The predicted molar refractivity (Wildman–Crippen MR) is 64.0 cm³/mol. The van der Waals surface area contributed by atoms with Crippen molar-refractivity contribution >= 4 is 17.7 Å². The summed E-state index contributed by atoms with van der Waals surface area (Å²) in [6.07, 6.45) is 2.66. The third-order valence-corrected chi connectivity index (χ3v) is 2.10. The fourth-order valence-corrected chi connectivity index (χ4v) is 1.33. The van der Waals surface area contributed by atoms with Crippen LogP contribution in [0.15, 0.2) is 24.3 Å². The van der Waals surface area contributed by atoms with Crippen LogP contribution in [0.2, 0.25) is 0 Å². The topological polar surface area (TPSA) is 49.8 Å². The van der Waals surface area contributed by atoms with Crippen LogP contribution in [-0.4, -0.2) is 32.3 Å². The van der Waals surface area contributed by atoms with Gasteiger partial charge in [0.2, 0.25) is 0 Å². The number of anilines is 1. The summed E-state index contributed by atoms with van der Waals surface area (Å²) in [4.78, 5) is 12.3. The first-order valence-corrected chi connectivity index (χ1v) is 4.81. The monoisotopic (exact) mass is 221 g/mol. The molecule has 16 heavy (non-hydrogen) atoms. The zero-order valence-corrected chi connectivity index (χ0v) is 9.60. The van der Waals surface area contributed by atoms with Crippen LogP contribution in [0.25, 0.3) is 6.08 Å². The minimum absolute atomic E-state index is 0.762. The molecule has 0 saturated carbocycles. The molecule has 0 aliphatic heterocycles. The summed E-state index contributed by atoms with van der Waals surface area (Å²) in [5, 5.41) is 8.53. The van der Waals surface area contributed by atoms with Crippen molar-refractivity contribution in [3.05, 3.63) is 29.8 Å². The van der Waals surface area contributed by atoms with Crippen LogP contribution in [0.3, 0.4) is 0 Å². The Morgan fingerprint density at radius 3 is 2.62 bits per heavy atom. The van der Waals surface area contributed by atoms with E-state index in [4.69, 9.17) is 9.84 Å². The van der Waals surface area contributed by atoms with Crippen molar-refractivity contribution in [2.45, 2.75) is 0 Å². The molecule has 0 unspecified atom stereocenters. The van der Waals surface area contributed by atoms with Crippen LogP contribution in [-0.2, 0) is 4.79 Å². The molecule has 4 heteroatoms. The number of aliphatic carboxylic acids is 1. The Labute approximate surface area is 94.8 Å². The van der Waals surface area contributed by atoms with Gasteiger partial charge in [0.1, 0.15) is 5.75 Å². The standard InChI is InChI=1S/C12H15NO3/c1-13(2)10-8-9(5-7-12(14)15)4-6-11(10)16-3/h4-8H,1-3H3,(H,14,15). The molecule has 1 aromatic carbocycles. The third-order valence-electron chi connectivity index (χ3n) is 2.10. The highest BCUT2D eigenvalue weighted by molar-refractivity contribution is 5.85. The molecule has 86 valence electrons. The summed E-state index contributed by atoms with van der Waals surface area (Å²) in [7, 11) is 5.42. The van der Waals surface area contributed by atoms with E-state index >= 15 is 0 Å². The minimum Gasteiger partial charge on any atom is -0.495 e. The molecule has 0 atom stereocenters. The second-order valence-corrected chi connectivity index (χ2v) is 3.50. The van der Waals surface area contributed by atoms with E-state index in [-0.39, 0.29) is 0 Å². The van der Waals surface area contributed by atoms with Gasteiger partial charge in [0.05, 0.1) is 12.8 Å². The molecule has 4 nitrogen and oxygen atoms in total. The highest BCUT2D eigenvalue weighted by Crippen LogP contribution is 2.28. The maximum Gasteiger partial charge on any atom is 0.328 e. The largest absolute Gasteiger partial charge is 0.495 e. The summed E-state index contributed by atoms with van der Waals surface area (Å²) in [5.41, 5.74) is 1.74. The lowest BCUT2D eigenvalue weighted by Crippen LogP contribution is -2.10. The summed E-state index contributed by atoms with van der Waals surface area (Å²) in [6, 6.07) is 5.50. The normalized spacial score (nSPS) is 10.4. The summed E-state index contributed by atoms with van der Waals surface area (Å²) in [5.74, 6) is -0.195. The van der Waals surface area contributed by atoms with Gasteiger partial charge < -0.3 is 14.7 Å². The van der Waals surface area contributed by atoms with Crippen molar-refractivity contribution in [2.75, 3.05) is 26.1 Å². The second-order valence-electron chi connectivity index (χ2n) is 3.50. The van der Waals surface area contributed by atoms with Gasteiger partial charge in [-0.3, -0.25) is 0 Å². The Bertz CT molecular complexity index is 411. The number of hydrogen-bond acceptors (Lipinski definition) is 3. The van der Waals surface area contributed by atoms with Crippen molar-refractivity contribution in [3.8, 4) is 5.75 Å². The van der Waals surface area contributed by atoms with Crippen LogP contribution in [0.1, 0.15) is 5.56 Å². The maximum absolute atomic E-state index is 10.4. The number of rotatable bonds is 4. The summed E-state index contributed by atoms with van der Waals surface area (Å²) < 4.78 is 5.21. The van der Waals surface area contributed by atoms with E-state index in [1.807, 2.05) is 37.2 Å². The molecule has 0 aliphatic carbocycles. The van der Waals surface area contributed by atoms with Crippen LogP contribution >= 0.6 is 0 Å². The lowest BCUT2D eigenvalue weighted by Gasteiger charge is -2.16. The quantitative estimate of drug-likeness (QED) is 0.788. The van der Waals surface area contributed by atoms with E-state index < -0.39 is 5.97 Å². The van der Waals surface area contributed by atoms with Crippen LogP contribution in [0, 0.1) is 0 Å². The summed E-state index contributed by atoms with van der Waals surface area (Å²) in [6.45, 7) is 0. The minimum atomic E-state index is -0.956. The van der Waals surface area contributed by atoms with E-state index in [0.717, 1.165) is 23.1 Å². The molecule has 0 aliphatic rings. The predicted octanol–water partition coefficient (Wildman–Crippen LogP) is 1.86. The number of carboxylic acids is 1. The fourth-order valence-electron chi connectivity index (χ4n) is 1.33. The highest BCUT2D eigenvalue weighted by atomic mass is 16.5. The Kier molecular flexibility index (Phi) is 3.94. The van der Waals surface area contributed by atoms with E-state index in [9.17, 15) is 4.79 Å². The Morgan fingerprint density at radius 1 is 1.44 bits per heavy atom. The van der Waals surface area contributed by atoms with Gasteiger partial charge in [0.25, 0.3) is 0 Å². The lowest BCUT2D eigenvalue weighted by molar-refractivity contribution is -0.131. The van der Waals surface area contributed by atoms with Gasteiger partial charge in [-0.1, -0.05) is 6.07 Å². The van der Waals surface area contributed by atoms with E-state index in [2.05, 4.69) is 0 Å². The number of benzene rings is 1. The number of ether oxygens (including phenoxy) is 1. The van der Waals surface area contributed by atoms with Gasteiger partial charge >= 0.3 is 5.97 Å². The number of methoxy groups -OCH3 is 1. The first-order valence-electron chi connectivity index (χ1n) is 4.81. The Morgan fingerprint density at radius 2 is 2.12 bits per heavy atom. The van der Waals surface area contributed by atoms with Gasteiger partial charge in [-0.15, -0.1) is 0 Å². The smallest absolute Gasteiger partial charge is 0.328 e. The highest BCUT2D eigenvalue weighted by Gasteiger charge is 2.04. The molecule has 0 amide bonds. The van der Waals surface area contributed by atoms with Gasteiger partial charge in [0.15, 0.2) is 0 Å². The molecule has 0 saturated heterocycles. The first-order chi connectivity index (χ1) is 7.54. The number of nitrogens with zero attached hydrogens (tertiary/aromatic N) is 1. The molecule has 0 heterocycles. The average molecular weight is 221 g/mol. The van der Waals surface area contributed by atoms with Gasteiger partial charge in [-0.25, -0.2) is 4.79 Å². The van der Waals surface area contributed by atoms with Crippen LogP contribution in [0.4, 0.5) is 5.69 Å². The molecule has 0 spiro atoms. The van der Waals surface area contributed by atoms with Gasteiger partial charge in [-0.2, -0.15) is 0 Å². The molecule has 1 rings (SSSR count). The zero-order chi connectivity index (χ0) is 12.1. The number of carboxylic acid groups (broad SMARTS) is 1. The molecule has 0 fully saturated rings. The van der Waals surface area contributed by atoms with Crippen molar-refractivity contribution in [2.24, 2.45) is 0 Å². The first kappa shape index (κ1) is 12.1. The van der Waals surface area contributed by atoms with E-state index in [0.29, 0.717) is 0 Å². The van der Waals surface area contributed by atoms with E-state index in [1.54, 1.807) is 13.2 Å². The van der Waals surface area contributed by atoms with Crippen LogP contribution in [0.5, 0.6) is 5.75 Å². The Balaban J connectivity index is 3.07. The van der Waals surface area contributed by atoms with Crippen molar-refractivity contribution < 1.29 is 14.6 Å².